The van der Waals surface area contributed by atoms with Crippen molar-refractivity contribution in [1.82, 2.24) is 5.32 Å². The van der Waals surface area contributed by atoms with E-state index in [1.165, 1.54) is 0 Å². The van der Waals surface area contributed by atoms with E-state index in [0.717, 1.165) is 24.3 Å². The molecule has 0 saturated carbocycles. The highest BCUT2D eigenvalue weighted by Gasteiger charge is 2.63. The Bertz CT molecular complexity index is 596. The van der Waals surface area contributed by atoms with Gasteiger partial charge in [0.1, 0.15) is 0 Å². The average molecular weight is 322 g/mol. The second kappa shape index (κ2) is 5.21. The van der Waals surface area contributed by atoms with Crippen LogP contribution in [0.2, 0.25) is 0 Å². The molecule has 1 saturated heterocycles. The first-order valence-electron chi connectivity index (χ1n) is 5.92. The molecule has 0 aliphatic carbocycles. The molecule has 0 radical (unpaired) electrons. The van der Waals surface area contributed by atoms with Crippen LogP contribution in [0.1, 0.15) is 18.4 Å². The number of nitrogens with zero attached hydrogens (tertiary/aromatic N) is 1. The van der Waals surface area contributed by atoms with Crippen LogP contribution in [-0.2, 0) is 5.54 Å². The van der Waals surface area contributed by atoms with Crippen molar-refractivity contribution in [3.05, 3.63) is 39.9 Å². The van der Waals surface area contributed by atoms with Gasteiger partial charge in [0.25, 0.3) is 18.0 Å². The van der Waals surface area contributed by atoms with E-state index in [1.807, 2.05) is 5.32 Å². The number of non-ortho nitro benzene ring substituents is 1. The summed E-state index contributed by atoms with van der Waals surface area (Å²) in [5.74, 6) is -3.79. The fraction of sp³-hybridized carbons (Fsp3) is 0.417. The van der Waals surface area contributed by atoms with Gasteiger partial charge in [0, 0.05) is 25.0 Å². The second-order valence-electron chi connectivity index (χ2n) is 4.67. The van der Waals surface area contributed by atoms with Crippen LogP contribution in [-0.4, -0.2) is 22.3 Å². The molecule has 1 heterocycles. The predicted octanol–water partition coefficient (Wildman–Crippen LogP) is 3.40. The van der Waals surface area contributed by atoms with Gasteiger partial charge in [-0.3, -0.25) is 10.1 Å². The van der Waals surface area contributed by atoms with Gasteiger partial charge in [0.05, 0.1) is 9.91 Å². The van der Waals surface area contributed by atoms with E-state index in [9.17, 15) is 27.7 Å². The van der Waals surface area contributed by atoms with Crippen LogP contribution in [0, 0.1) is 10.1 Å². The third-order valence-corrected chi connectivity index (χ3v) is 3.73. The molecule has 1 aliphatic heterocycles. The summed E-state index contributed by atoms with van der Waals surface area (Å²) in [6.45, 7) is 0. The zero-order valence-electron chi connectivity index (χ0n) is 10.5. The van der Waals surface area contributed by atoms with Crippen LogP contribution in [0.5, 0.6) is 0 Å². The molecule has 1 aromatic rings. The lowest BCUT2D eigenvalue weighted by Gasteiger charge is -2.44. The molecule has 0 aromatic heterocycles. The van der Waals surface area contributed by atoms with Gasteiger partial charge in [0.15, 0.2) is 5.54 Å². The Morgan fingerprint density at radius 2 is 2.05 bits per heavy atom. The van der Waals surface area contributed by atoms with Crippen molar-refractivity contribution in [2.75, 3.05) is 0 Å². The van der Waals surface area contributed by atoms with Gasteiger partial charge in [0.2, 0.25) is 0 Å². The second-order valence-corrected chi connectivity index (χ2v) is 5.16. The van der Waals surface area contributed by atoms with Gasteiger partial charge < -0.3 is 5.32 Å². The van der Waals surface area contributed by atoms with E-state index < -0.39 is 40.5 Å². The number of alkyl halides is 4. The van der Waals surface area contributed by atoms with Crippen molar-refractivity contribution >= 4 is 22.9 Å². The minimum Gasteiger partial charge on any atom is -0.360 e. The molecule has 1 fully saturated rings. The normalized spacial score (nSPS) is 24.7. The molecule has 0 bridgehead atoms. The average Bonchev–Trinajstić information content (AvgIpc) is 2.41. The van der Waals surface area contributed by atoms with E-state index in [1.54, 1.807) is 0 Å². The van der Waals surface area contributed by atoms with Gasteiger partial charge in [-0.2, -0.15) is 0 Å². The molecule has 0 spiro atoms. The summed E-state index contributed by atoms with van der Waals surface area (Å²) >= 11 is 4.75. The summed E-state index contributed by atoms with van der Waals surface area (Å²) in [5.41, 5.74) is -4.14. The van der Waals surface area contributed by atoms with E-state index >= 15 is 0 Å². The van der Waals surface area contributed by atoms with Gasteiger partial charge >= 0.3 is 0 Å². The SMILES string of the molecule is O=[N+]([O-])c1cccc([C@@]2(C(F)F)NC(=S)CCC2(F)F)c1. The van der Waals surface area contributed by atoms with Crippen molar-refractivity contribution < 1.29 is 22.5 Å². The molecule has 21 heavy (non-hydrogen) atoms. The fourth-order valence-electron chi connectivity index (χ4n) is 2.33. The highest BCUT2D eigenvalue weighted by molar-refractivity contribution is 7.80. The Hall–Kier alpha value is -1.77. The summed E-state index contributed by atoms with van der Waals surface area (Å²) in [5, 5.41) is 12.7. The van der Waals surface area contributed by atoms with Crippen LogP contribution >= 0.6 is 12.2 Å². The third-order valence-electron chi connectivity index (χ3n) is 3.42. The Balaban J connectivity index is 2.64. The largest absolute Gasteiger partial charge is 0.360 e. The molecule has 0 unspecified atom stereocenters. The van der Waals surface area contributed by atoms with Crippen LogP contribution in [0.15, 0.2) is 24.3 Å². The van der Waals surface area contributed by atoms with Crippen molar-refractivity contribution in [3.8, 4) is 0 Å². The molecule has 9 heteroatoms. The Labute approximate surface area is 122 Å². The van der Waals surface area contributed by atoms with Crippen molar-refractivity contribution in [3.63, 3.8) is 0 Å². The van der Waals surface area contributed by atoms with E-state index in [4.69, 9.17) is 12.2 Å². The van der Waals surface area contributed by atoms with Crippen molar-refractivity contribution in [2.45, 2.75) is 30.7 Å². The number of nitrogens with one attached hydrogen (secondary N) is 1. The van der Waals surface area contributed by atoms with Crippen molar-refractivity contribution in [2.24, 2.45) is 0 Å². The molecule has 1 atom stereocenters. The maximum Gasteiger partial charge on any atom is 0.280 e. The Morgan fingerprint density at radius 1 is 1.38 bits per heavy atom. The molecule has 2 rings (SSSR count). The summed E-state index contributed by atoms with van der Waals surface area (Å²) in [6.07, 6.45) is -4.55. The third kappa shape index (κ3) is 2.45. The van der Waals surface area contributed by atoms with Gasteiger partial charge in [-0.15, -0.1) is 0 Å². The first-order valence-corrected chi connectivity index (χ1v) is 6.33. The van der Waals surface area contributed by atoms with E-state index in [-0.39, 0.29) is 11.4 Å². The predicted molar refractivity (Wildman–Crippen MR) is 70.7 cm³/mol. The smallest absolute Gasteiger partial charge is 0.280 e. The maximum absolute atomic E-state index is 14.2. The van der Waals surface area contributed by atoms with Gasteiger partial charge in [-0.05, 0) is 5.56 Å². The molecule has 1 N–H and O–H groups in total. The highest BCUT2D eigenvalue weighted by atomic mass is 32.1. The van der Waals surface area contributed by atoms with Gasteiger partial charge in [-0.25, -0.2) is 17.6 Å². The lowest BCUT2D eigenvalue weighted by atomic mass is 9.79. The number of piperidine rings is 1. The number of hydrogen-bond donors (Lipinski definition) is 1. The number of thiocarbonyl (C=S) groups is 1. The molecular weight excluding hydrogens is 312 g/mol. The minimum atomic E-state index is -3.79. The fourth-order valence-corrected chi connectivity index (χ4v) is 2.59. The number of nitro groups is 1. The Kier molecular flexibility index (Phi) is 3.87. The topological polar surface area (TPSA) is 55.2 Å². The van der Waals surface area contributed by atoms with Crippen LogP contribution in [0.25, 0.3) is 0 Å². The number of benzene rings is 1. The van der Waals surface area contributed by atoms with Crippen molar-refractivity contribution in [1.29, 1.82) is 0 Å². The van der Waals surface area contributed by atoms with Gasteiger partial charge in [-0.1, -0.05) is 24.4 Å². The van der Waals surface area contributed by atoms with Crippen LogP contribution in [0.3, 0.4) is 0 Å². The molecular formula is C12H10F4N2O2S. The molecule has 114 valence electrons. The molecule has 1 aromatic carbocycles. The van der Waals surface area contributed by atoms with Crippen LogP contribution in [0.4, 0.5) is 23.2 Å². The lowest BCUT2D eigenvalue weighted by molar-refractivity contribution is -0.385. The quantitative estimate of drug-likeness (QED) is 0.401. The summed E-state index contributed by atoms with van der Waals surface area (Å²) in [6, 6.07) is 3.87. The Morgan fingerprint density at radius 3 is 2.62 bits per heavy atom. The first kappa shape index (κ1) is 15.6. The number of rotatable bonds is 3. The summed E-state index contributed by atoms with van der Waals surface area (Å²) < 4.78 is 55.4. The molecule has 0 amide bonds. The number of halogens is 4. The molecule has 4 nitrogen and oxygen atoms in total. The highest BCUT2D eigenvalue weighted by Crippen LogP contribution is 2.48. The maximum atomic E-state index is 14.2. The molecule has 1 aliphatic rings. The zero-order chi connectivity index (χ0) is 15.8. The number of hydrogen-bond acceptors (Lipinski definition) is 3. The minimum absolute atomic E-state index is 0.118. The lowest BCUT2D eigenvalue weighted by Crippen LogP contribution is -2.65. The standard InChI is InChI=1S/C12H10F4N2O2S/c13-10(14)12(11(15,16)5-4-9(21)17-12)7-2-1-3-8(6-7)18(19)20/h1-3,6,10H,4-5H2,(H,17,21)/t12-/m0/s1. The summed E-state index contributed by atoms with van der Waals surface area (Å²) in [4.78, 5) is 9.77. The monoisotopic (exact) mass is 322 g/mol. The van der Waals surface area contributed by atoms with E-state index in [0.29, 0.717) is 0 Å². The zero-order valence-corrected chi connectivity index (χ0v) is 11.3. The number of nitro benzene ring substituents is 1. The first-order chi connectivity index (χ1) is 9.70. The summed E-state index contributed by atoms with van der Waals surface area (Å²) in [7, 11) is 0. The van der Waals surface area contributed by atoms with Crippen LogP contribution < -0.4 is 5.32 Å². The van der Waals surface area contributed by atoms with E-state index in [2.05, 4.69) is 0 Å².